The van der Waals surface area contributed by atoms with E-state index >= 15 is 0 Å². The van der Waals surface area contributed by atoms with E-state index in [1.807, 2.05) is 6.92 Å². The van der Waals surface area contributed by atoms with Gasteiger partial charge >= 0.3 is 0 Å². The van der Waals surface area contributed by atoms with Crippen LogP contribution in [0.2, 0.25) is 0 Å². The number of piperidine rings is 1. The molecule has 10 heteroatoms. The summed E-state index contributed by atoms with van der Waals surface area (Å²) in [4.78, 5) is 8.14. The first-order valence-corrected chi connectivity index (χ1v) is 9.34. The highest BCUT2D eigenvalue weighted by Gasteiger charge is 2.32. The molecule has 0 spiro atoms. The Morgan fingerprint density at radius 3 is 2.96 bits per heavy atom. The summed E-state index contributed by atoms with van der Waals surface area (Å²) in [5.74, 6) is 1.05. The lowest BCUT2D eigenvalue weighted by Gasteiger charge is -2.30. The Kier molecular flexibility index (Phi) is 4.97. The molecule has 24 heavy (non-hydrogen) atoms. The van der Waals surface area contributed by atoms with Crippen LogP contribution < -0.4 is 0 Å². The first-order valence-electron chi connectivity index (χ1n) is 7.90. The molecule has 0 aromatic carbocycles. The lowest BCUT2D eigenvalue weighted by atomic mass is 10.1. The maximum absolute atomic E-state index is 12.6. The average Bonchev–Trinajstić information content (AvgIpc) is 3.22. The van der Waals surface area contributed by atoms with Crippen LogP contribution in [0.15, 0.2) is 22.1 Å². The predicted octanol–water partition coefficient (Wildman–Crippen LogP) is 0.735. The monoisotopic (exact) mass is 355 g/mol. The van der Waals surface area contributed by atoms with Gasteiger partial charge in [0, 0.05) is 32.8 Å². The van der Waals surface area contributed by atoms with Crippen LogP contribution >= 0.6 is 0 Å². The summed E-state index contributed by atoms with van der Waals surface area (Å²) >= 11 is 0. The van der Waals surface area contributed by atoms with E-state index in [1.165, 1.54) is 16.8 Å². The minimum atomic E-state index is -3.59. The molecule has 1 atom stereocenters. The van der Waals surface area contributed by atoms with Crippen LogP contribution in [-0.2, 0) is 34.8 Å². The molecule has 0 N–H and O–H groups in total. The van der Waals surface area contributed by atoms with Crippen LogP contribution in [0.3, 0.4) is 0 Å². The van der Waals surface area contributed by atoms with Gasteiger partial charge in [0.05, 0.1) is 12.4 Å². The molecule has 0 bridgehead atoms. The van der Waals surface area contributed by atoms with Gasteiger partial charge in [-0.15, -0.1) is 0 Å². The molecule has 1 aliphatic heterocycles. The third-order valence-corrected chi connectivity index (χ3v) is 5.65. The number of aryl methyl sites for hydroxylation is 2. The van der Waals surface area contributed by atoms with Crippen molar-refractivity contribution in [3.8, 4) is 0 Å². The van der Waals surface area contributed by atoms with E-state index in [0.29, 0.717) is 31.2 Å². The molecule has 1 aliphatic rings. The van der Waals surface area contributed by atoms with Gasteiger partial charge in [0.15, 0.2) is 10.9 Å². The van der Waals surface area contributed by atoms with Crippen molar-refractivity contribution >= 4 is 10.0 Å². The fraction of sp³-hybridized carbons (Fsp3) is 0.643. The summed E-state index contributed by atoms with van der Waals surface area (Å²) in [6.07, 6.45) is 5.01. The zero-order chi connectivity index (χ0) is 17.2. The quantitative estimate of drug-likeness (QED) is 0.752. The number of aromatic nitrogens is 4. The van der Waals surface area contributed by atoms with Crippen molar-refractivity contribution in [2.45, 2.75) is 43.9 Å². The summed E-state index contributed by atoms with van der Waals surface area (Å²) < 4.78 is 39.1. The van der Waals surface area contributed by atoms with Crippen LogP contribution in [0, 0.1) is 0 Å². The van der Waals surface area contributed by atoms with Gasteiger partial charge in [-0.25, -0.2) is 13.4 Å². The van der Waals surface area contributed by atoms with E-state index in [-0.39, 0.29) is 17.7 Å². The largest absolute Gasteiger partial charge is 0.367 e. The maximum atomic E-state index is 12.6. The number of imidazole rings is 1. The van der Waals surface area contributed by atoms with E-state index in [2.05, 4.69) is 15.1 Å². The molecule has 2 aromatic heterocycles. The van der Waals surface area contributed by atoms with Gasteiger partial charge in [0.2, 0.25) is 0 Å². The first kappa shape index (κ1) is 17.1. The second kappa shape index (κ2) is 6.99. The zero-order valence-corrected chi connectivity index (χ0v) is 14.6. The van der Waals surface area contributed by atoms with Crippen LogP contribution in [0.25, 0.3) is 0 Å². The van der Waals surface area contributed by atoms with E-state index in [9.17, 15) is 8.42 Å². The van der Waals surface area contributed by atoms with Crippen molar-refractivity contribution in [1.29, 1.82) is 0 Å². The number of nitrogens with zero attached hydrogens (tertiary/aromatic N) is 5. The van der Waals surface area contributed by atoms with Gasteiger partial charge in [-0.05, 0) is 12.8 Å². The highest BCUT2D eigenvalue weighted by Crippen LogP contribution is 2.21. The van der Waals surface area contributed by atoms with Gasteiger partial charge in [-0.3, -0.25) is 0 Å². The van der Waals surface area contributed by atoms with E-state index in [1.54, 1.807) is 11.6 Å². The van der Waals surface area contributed by atoms with Crippen LogP contribution in [0.1, 0.15) is 31.5 Å². The smallest absolute Gasteiger partial charge is 0.262 e. The molecular weight excluding hydrogens is 334 g/mol. The first-order chi connectivity index (χ1) is 11.5. The Labute approximate surface area is 140 Å². The molecular formula is C14H21N5O4S. The minimum absolute atomic E-state index is 0.0649. The van der Waals surface area contributed by atoms with Gasteiger partial charge in [-0.2, -0.15) is 9.29 Å². The molecule has 0 aliphatic carbocycles. The Balaban J connectivity index is 1.61. The van der Waals surface area contributed by atoms with Gasteiger partial charge in [0.1, 0.15) is 6.61 Å². The molecule has 1 fully saturated rings. The zero-order valence-electron chi connectivity index (χ0n) is 13.8. The number of rotatable bonds is 6. The fourth-order valence-corrected chi connectivity index (χ4v) is 4.07. The molecule has 2 aromatic rings. The standard InChI is InChI=1S/C14H21N5O4S/c1-3-12-16-13(23-17-12)9-22-11-5-4-6-19(7-11)24(20,21)14-8-18(2)10-15-14/h8,10-11H,3-7,9H2,1-2H3/t11-/m1/s1. The summed E-state index contributed by atoms with van der Waals surface area (Å²) in [5, 5.41) is 3.88. The molecule has 0 saturated carbocycles. The fourth-order valence-electron chi connectivity index (χ4n) is 2.60. The van der Waals surface area contributed by atoms with Crippen molar-refractivity contribution in [2.24, 2.45) is 7.05 Å². The van der Waals surface area contributed by atoms with Crippen molar-refractivity contribution in [1.82, 2.24) is 24.0 Å². The Bertz CT molecular complexity index is 785. The van der Waals surface area contributed by atoms with E-state index < -0.39 is 10.0 Å². The molecule has 0 amide bonds. The predicted molar refractivity (Wildman–Crippen MR) is 83.5 cm³/mol. The van der Waals surface area contributed by atoms with Gasteiger partial charge < -0.3 is 13.8 Å². The van der Waals surface area contributed by atoms with Crippen LogP contribution in [0.5, 0.6) is 0 Å². The van der Waals surface area contributed by atoms with Crippen molar-refractivity contribution in [3.05, 3.63) is 24.2 Å². The number of sulfonamides is 1. The molecule has 9 nitrogen and oxygen atoms in total. The van der Waals surface area contributed by atoms with Crippen LogP contribution in [0.4, 0.5) is 0 Å². The number of ether oxygens (including phenoxy) is 1. The average molecular weight is 355 g/mol. The summed E-state index contributed by atoms with van der Waals surface area (Å²) in [5.41, 5.74) is 0. The second-order valence-corrected chi connectivity index (χ2v) is 7.66. The molecule has 1 saturated heterocycles. The maximum Gasteiger partial charge on any atom is 0.262 e. The second-order valence-electron chi connectivity index (χ2n) is 5.77. The van der Waals surface area contributed by atoms with Crippen molar-refractivity contribution in [3.63, 3.8) is 0 Å². The third-order valence-electron chi connectivity index (χ3n) is 3.90. The highest BCUT2D eigenvalue weighted by molar-refractivity contribution is 7.89. The van der Waals surface area contributed by atoms with Crippen molar-refractivity contribution < 1.29 is 17.7 Å². The van der Waals surface area contributed by atoms with Crippen molar-refractivity contribution in [2.75, 3.05) is 13.1 Å². The topological polar surface area (TPSA) is 103 Å². The normalized spacial score (nSPS) is 19.7. The highest BCUT2D eigenvalue weighted by atomic mass is 32.2. The summed E-state index contributed by atoms with van der Waals surface area (Å²) in [6.45, 7) is 2.90. The SMILES string of the molecule is CCc1noc(CO[C@@H]2CCCN(S(=O)(=O)c3cn(C)cn3)C2)n1. The molecule has 3 heterocycles. The lowest BCUT2D eigenvalue weighted by Crippen LogP contribution is -2.43. The van der Waals surface area contributed by atoms with E-state index in [0.717, 1.165) is 12.8 Å². The summed E-state index contributed by atoms with van der Waals surface area (Å²) in [7, 11) is -1.85. The van der Waals surface area contributed by atoms with Gasteiger partial charge in [0.25, 0.3) is 15.9 Å². The lowest BCUT2D eigenvalue weighted by molar-refractivity contribution is -0.00299. The molecule has 0 unspecified atom stereocenters. The third kappa shape index (κ3) is 3.65. The molecule has 0 radical (unpaired) electrons. The Morgan fingerprint density at radius 2 is 2.29 bits per heavy atom. The Hall–Kier alpha value is -1.78. The minimum Gasteiger partial charge on any atom is -0.367 e. The summed E-state index contributed by atoms with van der Waals surface area (Å²) in [6, 6.07) is 0. The Morgan fingerprint density at radius 1 is 1.46 bits per heavy atom. The van der Waals surface area contributed by atoms with Gasteiger partial charge in [-0.1, -0.05) is 12.1 Å². The number of hydrogen-bond donors (Lipinski definition) is 0. The molecule has 132 valence electrons. The van der Waals surface area contributed by atoms with E-state index in [4.69, 9.17) is 9.26 Å². The molecule has 3 rings (SSSR count). The van der Waals surface area contributed by atoms with Crippen LogP contribution in [-0.4, -0.2) is 51.6 Å². The number of hydrogen-bond acceptors (Lipinski definition) is 7.